The van der Waals surface area contributed by atoms with Crippen molar-refractivity contribution in [3.63, 3.8) is 0 Å². The zero-order valence-electron chi connectivity index (χ0n) is 14.6. The molecule has 2 aromatic carbocycles. The van der Waals surface area contributed by atoms with Gasteiger partial charge in [0.05, 0.1) is 12.0 Å². The second-order valence-corrected chi connectivity index (χ2v) is 7.96. The summed E-state index contributed by atoms with van der Waals surface area (Å²) in [6, 6.07) is 17.2. The summed E-state index contributed by atoms with van der Waals surface area (Å²) in [5.41, 5.74) is 13.7. The topological polar surface area (TPSA) is 112 Å². The van der Waals surface area contributed by atoms with Crippen molar-refractivity contribution in [3.05, 3.63) is 75.6 Å². The summed E-state index contributed by atoms with van der Waals surface area (Å²) in [5.74, 6) is -0.730. The number of benzene rings is 2. The second-order valence-electron chi connectivity index (χ2n) is 7.04. The van der Waals surface area contributed by atoms with Crippen LogP contribution in [0.1, 0.15) is 17.2 Å². The number of nitriles is 1. The third-order valence-corrected chi connectivity index (χ3v) is 6.24. The summed E-state index contributed by atoms with van der Waals surface area (Å²) >= 11 is 3.49. The Morgan fingerprint density at radius 3 is 2.71 bits per heavy atom. The first-order valence-corrected chi connectivity index (χ1v) is 9.61. The van der Waals surface area contributed by atoms with Crippen LogP contribution in [0.5, 0.6) is 0 Å². The van der Waals surface area contributed by atoms with Crippen LogP contribution in [-0.2, 0) is 14.9 Å². The molecule has 0 aliphatic carbocycles. The van der Waals surface area contributed by atoms with Crippen LogP contribution in [0, 0.1) is 17.2 Å². The lowest BCUT2D eigenvalue weighted by atomic mass is 9.62. The molecule has 7 nitrogen and oxygen atoms in total. The third kappa shape index (κ3) is 2.12. The SMILES string of the molecule is N#CC1=C(N)OC2NNC(c3ccccc3)C2C12C(=O)Nc1ccc(Br)cc12. The molecular weight excluding hydrogens is 422 g/mol. The first-order valence-electron chi connectivity index (χ1n) is 8.82. The van der Waals surface area contributed by atoms with E-state index in [0.29, 0.717) is 5.69 Å². The molecule has 4 unspecified atom stereocenters. The molecule has 140 valence electrons. The maximum atomic E-state index is 13.5. The number of hydrazine groups is 1. The van der Waals surface area contributed by atoms with E-state index in [1.807, 2.05) is 48.5 Å². The molecule has 3 heterocycles. The summed E-state index contributed by atoms with van der Waals surface area (Å²) in [4.78, 5) is 13.5. The van der Waals surface area contributed by atoms with E-state index in [2.05, 4.69) is 38.2 Å². The Balaban J connectivity index is 1.80. The lowest BCUT2D eigenvalue weighted by Gasteiger charge is -2.42. The zero-order valence-corrected chi connectivity index (χ0v) is 16.2. The van der Waals surface area contributed by atoms with Gasteiger partial charge in [0.2, 0.25) is 11.8 Å². The highest BCUT2D eigenvalue weighted by Crippen LogP contribution is 2.56. The number of carbonyl (C=O) groups is 1. The minimum atomic E-state index is -1.27. The average molecular weight is 438 g/mol. The van der Waals surface area contributed by atoms with Gasteiger partial charge in [0.15, 0.2) is 6.23 Å². The Labute approximate surface area is 169 Å². The monoisotopic (exact) mass is 437 g/mol. The van der Waals surface area contributed by atoms with Crippen molar-refractivity contribution in [2.75, 3.05) is 5.32 Å². The van der Waals surface area contributed by atoms with Gasteiger partial charge in [-0.1, -0.05) is 46.3 Å². The summed E-state index contributed by atoms with van der Waals surface area (Å²) < 4.78 is 6.63. The molecule has 5 N–H and O–H groups in total. The molecule has 1 fully saturated rings. The first kappa shape index (κ1) is 17.3. The summed E-state index contributed by atoms with van der Waals surface area (Å²) in [5, 5.41) is 12.9. The number of rotatable bonds is 1. The fraction of sp³-hybridized carbons (Fsp3) is 0.200. The molecule has 1 saturated heterocycles. The van der Waals surface area contributed by atoms with Crippen molar-refractivity contribution >= 4 is 27.5 Å². The van der Waals surface area contributed by atoms with Gasteiger partial charge in [0, 0.05) is 10.2 Å². The Morgan fingerprint density at radius 1 is 1.18 bits per heavy atom. The Kier molecular flexibility index (Phi) is 3.74. The van der Waals surface area contributed by atoms with Gasteiger partial charge in [0.1, 0.15) is 17.1 Å². The lowest BCUT2D eigenvalue weighted by molar-refractivity contribution is -0.124. The zero-order chi connectivity index (χ0) is 19.5. The van der Waals surface area contributed by atoms with Crippen molar-refractivity contribution in [2.24, 2.45) is 11.7 Å². The largest absolute Gasteiger partial charge is 0.458 e. The van der Waals surface area contributed by atoms with Crippen LogP contribution in [0.25, 0.3) is 0 Å². The van der Waals surface area contributed by atoms with Crippen LogP contribution < -0.4 is 21.9 Å². The molecule has 3 aliphatic heterocycles. The van der Waals surface area contributed by atoms with Crippen molar-refractivity contribution in [3.8, 4) is 6.07 Å². The Morgan fingerprint density at radius 2 is 1.96 bits per heavy atom. The van der Waals surface area contributed by atoms with Crippen LogP contribution in [0.4, 0.5) is 5.69 Å². The average Bonchev–Trinajstić information content (AvgIpc) is 3.23. The quantitative estimate of drug-likeness (QED) is 0.543. The molecule has 28 heavy (non-hydrogen) atoms. The number of hydrogen-bond acceptors (Lipinski definition) is 6. The van der Waals surface area contributed by atoms with Crippen LogP contribution in [0.2, 0.25) is 0 Å². The number of carbonyl (C=O) groups excluding carboxylic acids is 1. The highest BCUT2D eigenvalue weighted by Gasteiger charge is 2.65. The minimum absolute atomic E-state index is 0.0327. The molecule has 1 spiro atoms. The van der Waals surface area contributed by atoms with Gasteiger partial charge in [-0.05, 0) is 29.3 Å². The number of nitrogens with zero attached hydrogens (tertiary/aromatic N) is 1. The summed E-state index contributed by atoms with van der Waals surface area (Å²) in [7, 11) is 0. The van der Waals surface area contributed by atoms with E-state index < -0.39 is 17.6 Å². The molecule has 0 aromatic heterocycles. The number of nitrogens with one attached hydrogen (secondary N) is 3. The van der Waals surface area contributed by atoms with E-state index in [4.69, 9.17) is 10.5 Å². The van der Waals surface area contributed by atoms with E-state index in [-0.39, 0.29) is 23.4 Å². The van der Waals surface area contributed by atoms with Crippen molar-refractivity contribution in [2.45, 2.75) is 17.7 Å². The van der Waals surface area contributed by atoms with E-state index in [0.717, 1.165) is 15.6 Å². The molecule has 0 radical (unpaired) electrons. The number of hydrogen-bond donors (Lipinski definition) is 4. The van der Waals surface area contributed by atoms with Gasteiger partial charge in [-0.2, -0.15) is 5.26 Å². The van der Waals surface area contributed by atoms with Crippen molar-refractivity contribution < 1.29 is 9.53 Å². The van der Waals surface area contributed by atoms with Crippen molar-refractivity contribution in [1.29, 1.82) is 5.26 Å². The van der Waals surface area contributed by atoms with Gasteiger partial charge >= 0.3 is 0 Å². The molecular formula is C20H16BrN5O2. The van der Waals surface area contributed by atoms with Gasteiger partial charge in [-0.15, -0.1) is 0 Å². The van der Waals surface area contributed by atoms with Crippen LogP contribution in [-0.4, -0.2) is 12.1 Å². The molecule has 5 rings (SSSR count). The number of halogens is 1. The Hall–Kier alpha value is -2.86. The fourth-order valence-electron chi connectivity index (χ4n) is 4.63. The molecule has 8 heteroatoms. The van der Waals surface area contributed by atoms with Crippen molar-refractivity contribution in [1.82, 2.24) is 10.9 Å². The fourth-order valence-corrected chi connectivity index (χ4v) is 4.99. The van der Waals surface area contributed by atoms with Crippen LogP contribution in [0.15, 0.2) is 64.5 Å². The number of amides is 1. The number of fused-ring (bicyclic) bond motifs is 4. The minimum Gasteiger partial charge on any atom is -0.458 e. The van der Waals surface area contributed by atoms with E-state index in [1.165, 1.54) is 0 Å². The van der Waals surface area contributed by atoms with E-state index >= 15 is 0 Å². The molecule has 0 saturated carbocycles. The van der Waals surface area contributed by atoms with Gasteiger partial charge < -0.3 is 15.8 Å². The normalized spacial score (nSPS) is 30.4. The van der Waals surface area contributed by atoms with Gasteiger partial charge in [0.25, 0.3) is 0 Å². The smallest absolute Gasteiger partial charge is 0.241 e. The predicted octanol–water partition coefficient (Wildman–Crippen LogP) is 2.15. The summed E-state index contributed by atoms with van der Waals surface area (Å²) in [6.07, 6.45) is -0.571. The highest BCUT2D eigenvalue weighted by atomic mass is 79.9. The lowest BCUT2D eigenvalue weighted by Crippen LogP contribution is -2.54. The van der Waals surface area contributed by atoms with Crippen LogP contribution >= 0.6 is 15.9 Å². The first-order chi connectivity index (χ1) is 13.6. The molecule has 4 atom stereocenters. The summed E-state index contributed by atoms with van der Waals surface area (Å²) in [6.45, 7) is 0. The van der Waals surface area contributed by atoms with Gasteiger partial charge in [-0.3, -0.25) is 4.79 Å². The maximum absolute atomic E-state index is 13.5. The standard InChI is InChI=1S/C20H16BrN5O2/c21-11-6-7-14-12(8-11)20(19(27)24-14)13(9-22)17(23)28-18-15(20)16(25-26-18)10-4-2-1-3-5-10/h1-8,15-16,18,25-26H,23H2,(H,24,27). The highest BCUT2D eigenvalue weighted by molar-refractivity contribution is 9.10. The second kappa shape index (κ2) is 6.07. The predicted molar refractivity (Wildman–Crippen MR) is 105 cm³/mol. The molecule has 2 aromatic rings. The molecule has 1 amide bonds. The molecule has 0 bridgehead atoms. The van der Waals surface area contributed by atoms with E-state index in [1.54, 1.807) is 0 Å². The van der Waals surface area contributed by atoms with E-state index in [9.17, 15) is 10.1 Å². The molecule has 3 aliphatic rings. The number of nitrogens with two attached hydrogens (primary N) is 1. The Bertz CT molecular complexity index is 1060. The van der Waals surface area contributed by atoms with Gasteiger partial charge in [-0.25, -0.2) is 10.9 Å². The van der Waals surface area contributed by atoms with Crippen LogP contribution in [0.3, 0.4) is 0 Å². The number of ether oxygens (including phenoxy) is 1. The maximum Gasteiger partial charge on any atom is 0.241 e. The number of anilines is 1. The third-order valence-electron chi connectivity index (χ3n) is 5.74.